The molecule has 2 saturated carbocycles. The molecule has 102 heavy (non-hydrogen) atoms. The minimum Gasteiger partial charge on any atom is -0.494 e. The van der Waals surface area contributed by atoms with Crippen molar-refractivity contribution < 1.29 is 72.5 Å². The van der Waals surface area contributed by atoms with E-state index in [4.69, 9.17) is 62.9 Å². The molecule has 6 aromatic carbocycles. The van der Waals surface area contributed by atoms with E-state index in [1.54, 1.807) is 29.7 Å². The molecule has 546 valence electrons. The molecule has 1 atom stereocenters. The van der Waals surface area contributed by atoms with E-state index in [2.05, 4.69) is 67.8 Å². The molecule has 2 fully saturated rings. The number of benzene rings is 6. The Hall–Kier alpha value is -8.43. The number of rotatable bonds is 48. The quantitative estimate of drug-likeness (QED) is 0.00717. The average Bonchev–Trinajstić information content (AvgIpc) is 1.47. The summed E-state index contributed by atoms with van der Waals surface area (Å²) in [6, 6.07) is 49.4. The summed E-state index contributed by atoms with van der Waals surface area (Å²) in [4.78, 5) is 70.0. The Morgan fingerprint density at radius 1 is 0.529 bits per heavy atom. The number of ether oxygens (including phenoxy) is 6. The van der Waals surface area contributed by atoms with Gasteiger partial charge in [-0.3, -0.25) is 10.1 Å². The van der Waals surface area contributed by atoms with Crippen LogP contribution in [0.5, 0.6) is 28.7 Å². The number of aromatic nitrogens is 1. The van der Waals surface area contributed by atoms with Gasteiger partial charge in [0.2, 0.25) is 5.13 Å². The maximum Gasteiger partial charge on any atom is 0.330 e. The molecule has 1 unspecified atom stereocenters. The van der Waals surface area contributed by atoms with E-state index in [1.807, 2.05) is 89.9 Å². The summed E-state index contributed by atoms with van der Waals surface area (Å²) in [6.45, 7) is 10.9. The zero-order valence-electron chi connectivity index (χ0n) is 59.1. The van der Waals surface area contributed by atoms with Crippen LogP contribution < -0.4 is 29.0 Å². The van der Waals surface area contributed by atoms with E-state index in [1.165, 1.54) is 36.1 Å². The van der Waals surface area contributed by atoms with Crippen molar-refractivity contribution in [2.24, 2.45) is 28.8 Å². The van der Waals surface area contributed by atoms with Crippen LogP contribution in [0.15, 0.2) is 182 Å². The first-order valence-electron chi connectivity index (χ1n) is 36.9. The number of para-hydroxylation sites is 1. The molecule has 1 aromatic heterocycles. The molecule has 18 nitrogen and oxygen atoms in total. The fourth-order valence-electron chi connectivity index (χ4n) is 12.9. The predicted octanol–water partition coefficient (Wildman–Crippen LogP) is 19.5. The second-order valence-corrected chi connectivity index (χ2v) is 27.4. The minimum atomic E-state index is -0.614. The molecular formula is C83H103N3O15S. The van der Waals surface area contributed by atoms with Gasteiger partial charge in [-0.15, -0.1) is 0 Å². The fraction of sp³-hybridized carbons (Fsp3) is 0.458. The molecule has 7 aromatic rings. The summed E-state index contributed by atoms with van der Waals surface area (Å²) in [6.07, 6.45) is 25.6. The molecular weight excluding hydrogens is 1310 g/mol. The molecule has 2 aliphatic carbocycles. The lowest BCUT2D eigenvalue weighted by Gasteiger charge is -2.32. The Balaban J connectivity index is 0.762. The van der Waals surface area contributed by atoms with Crippen molar-refractivity contribution in [2.45, 2.75) is 166 Å². The van der Waals surface area contributed by atoms with E-state index in [9.17, 15) is 19.6 Å². The van der Waals surface area contributed by atoms with Gasteiger partial charge in [-0.05, 0) is 223 Å². The van der Waals surface area contributed by atoms with Crippen LogP contribution in [0.3, 0.4) is 0 Å². The molecule has 9 rings (SSSR count). The number of hydrazone groups is 1. The number of carbonyl (C=O) groups excluding carboxylic acids is 3. The van der Waals surface area contributed by atoms with Crippen molar-refractivity contribution in [3.8, 4) is 28.7 Å². The van der Waals surface area contributed by atoms with Crippen LogP contribution >= 0.6 is 11.3 Å². The monoisotopic (exact) mass is 1410 g/mol. The first-order chi connectivity index (χ1) is 50.2. The number of hydrogen-bond acceptors (Lipinski definition) is 19. The highest BCUT2D eigenvalue weighted by molar-refractivity contribution is 7.22. The number of hydrogen-bond donors (Lipinski definition) is 1. The minimum absolute atomic E-state index is 0.0230. The first-order valence-corrected chi connectivity index (χ1v) is 37.7. The highest BCUT2D eigenvalue weighted by Gasteiger charge is 2.32. The Kier molecular flexibility index (Phi) is 34.2. The van der Waals surface area contributed by atoms with Crippen LogP contribution in [-0.4, -0.2) is 87.2 Å². The first kappa shape index (κ1) is 77.7. The van der Waals surface area contributed by atoms with Gasteiger partial charge in [0, 0.05) is 30.9 Å². The van der Waals surface area contributed by atoms with E-state index < -0.39 is 18.0 Å². The van der Waals surface area contributed by atoms with Gasteiger partial charge >= 0.3 is 17.9 Å². The van der Waals surface area contributed by atoms with Crippen molar-refractivity contribution in [1.29, 1.82) is 0 Å². The van der Waals surface area contributed by atoms with Crippen LogP contribution in [0.25, 0.3) is 10.2 Å². The SMILES string of the molecule is C=CC(=O)OCCCCCCOc1ccc(OOCC2CCC(C(OO)c3ccc(OOCC4CCC(C(=O)Oc5ccc(OCCCCCCOC(=O)C=C)cc5)CC4)c(/C=N/N(CCCCCCCCCCOC(c4ccccc4)c4ccccc4)c4nc5ccccc5s4)c3)CC2)cc1. The van der Waals surface area contributed by atoms with Gasteiger partial charge in [-0.1, -0.05) is 142 Å². The summed E-state index contributed by atoms with van der Waals surface area (Å²) in [5, 5.41) is 18.6. The Labute approximate surface area is 606 Å². The van der Waals surface area contributed by atoms with Crippen molar-refractivity contribution in [3.63, 3.8) is 0 Å². The maximum absolute atomic E-state index is 13.4. The van der Waals surface area contributed by atoms with Crippen molar-refractivity contribution in [1.82, 2.24) is 4.98 Å². The number of thiazole rings is 1. The van der Waals surface area contributed by atoms with E-state index >= 15 is 0 Å². The zero-order chi connectivity index (χ0) is 71.0. The summed E-state index contributed by atoms with van der Waals surface area (Å²) in [7, 11) is 0. The average molecular weight is 1410 g/mol. The number of nitrogens with zero attached hydrogens (tertiary/aromatic N) is 3. The lowest BCUT2D eigenvalue weighted by molar-refractivity contribution is -0.296. The maximum atomic E-state index is 13.4. The van der Waals surface area contributed by atoms with Crippen molar-refractivity contribution in [2.75, 3.05) is 57.8 Å². The largest absolute Gasteiger partial charge is 0.494 e. The van der Waals surface area contributed by atoms with Crippen LogP contribution in [0, 0.1) is 23.7 Å². The summed E-state index contributed by atoms with van der Waals surface area (Å²) in [5.41, 5.74) is 4.70. The van der Waals surface area contributed by atoms with E-state index in [0.717, 1.165) is 162 Å². The molecule has 1 heterocycles. The molecule has 0 amide bonds. The molecule has 2 aliphatic rings. The lowest BCUT2D eigenvalue weighted by atomic mass is 9.78. The van der Waals surface area contributed by atoms with E-state index in [0.29, 0.717) is 87.6 Å². The van der Waals surface area contributed by atoms with Gasteiger partial charge in [0.05, 0.1) is 62.0 Å². The molecule has 1 N–H and O–H groups in total. The molecule has 0 spiro atoms. The third-order valence-electron chi connectivity index (χ3n) is 18.8. The van der Waals surface area contributed by atoms with Crippen molar-refractivity contribution >= 4 is 50.8 Å². The lowest BCUT2D eigenvalue weighted by Crippen LogP contribution is -2.27. The number of esters is 3. The normalized spacial score (nSPS) is 16.3. The highest BCUT2D eigenvalue weighted by atomic mass is 32.1. The number of unbranched alkanes of at least 4 members (excludes halogenated alkanes) is 13. The summed E-state index contributed by atoms with van der Waals surface area (Å²) < 4.78 is 35.3. The Morgan fingerprint density at radius 2 is 1.03 bits per heavy atom. The van der Waals surface area contributed by atoms with Gasteiger partial charge in [0.1, 0.15) is 29.5 Å². The van der Waals surface area contributed by atoms with Gasteiger partial charge in [-0.25, -0.2) is 24.5 Å². The van der Waals surface area contributed by atoms with Crippen LogP contribution in [-0.2, 0) is 43.3 Å². The zero-order valence-corrected chi connectivity index (χ0v) is 59.9. The number of anilines is 1. The predicted molar refractivity (Wildman–Crippen MR) is 398 cm³/mol. The van der Waals surface area contributed by atoms with Crippen LogP contribution in [0.2, 0.25) is 0 Å². The third-order valence-corrected chi connectivity index (χ3v) is 19.8. The molecule has 0 bridgehead atoms. The van der Waals surface area contributed by atoms with Crippen LogP contribution in [0.1, 0.15) is 189 Å². The van der Waals surface area contributed by atoms with Gasteiger partial charge < -0.3 is 38.2 Å². The van der Waals surface area contributed by atoms with E-state index in [-0.39, 0.29) is 35.7 Å². The second kappa shape index (κ2) is 44.8. The highest BCUT2D eigenvalue weighted by Crippen LogP contribution is 2.41. The standard InChI is InChI=1S/C83H103N3O15S/c1-3-78(87)93-56-26-13-11-24-54-91-71-44-48-73(49-45-71)98-82(89)68-41-37-64(38-42-68)62-97-101-76-52-43-69(81(99-90)67-39-35-63(36-40-67)61-96-100-74-50-46-72(47-51-74)92-55-25-12-14-27-57-94-79(88)4-2)59-70(76)60-84-86(83-85-75-33-21-22-34-77(75)102-83)53-23-9-7-5-6-8-10-28-58-95-80(65-29-17-15-18-30-65)66-31-19-16-20-32-66/h3-4,15-22,29-34,43-52,59-60,63-64,67-68,80-81,90H,1-2,5-14,23-28,35-42,53-58,61-62H2/b84-60+. The third kappa shape index (κ3) is 27.1. The number of fused-ring (bicyclic) bond motifs is 1. The second-order valence-electron chi connectivity index (χ2n) is 26.4. The fourth-order valence-corrected chi connectivity index (χ4v) is 13.8. The van der Waals surface area contributed by atoms with Gasteiger partial charge in [-0.2, -0.15) is 14.9 Å². The molecule has 0 radical (unpaired) electrons. The Morgan fingerprint density at radius 3 is 1.60 bits per heavy atom. The Bertz CT molecular complexity index is 3500. The summed E-state index contributed by atoms with van der Waals surface area (Å²) >= 11 is 1.61. The van der Waals surface area contributed by atoms with Crippen LogP contribution in [0.4, 0.5) is 5.13 Å². The molecule has 0 aliphatic heterocycles. The molecule has 19 heteroatoms. The summed E-state index contributed by atoms with van der Waals surface area (Å²) in [5.74, 6) is 2.17. The topological polar surface area (TPSA) is 201 Å². The van der Waals surface area contributed by atoms with Gasteiger partial charge in [0.25, 0.3) is 0 Å². The van der Waals surface area contributed by atoms with Gasteiger partial charge in [0.15, 0.2) is 11.5 Å². The number of carbonyl (C=O) groups is 3. The smallest absolute Gasteiger partial charge is 0.330 e. The molecule has 0 saturated heterocycles. The van der Waals surface area contributed by atoms with Crippen molar-refractivity contribution in [3.05, 3.63) is 199 Å².